The van der Waals surface area contributed by atoms with Crippen LogP contribution in [0.15, 0.2) is 223 Å². The Bertz CT molecular complexity index is 4410. The Kier molecular flexibility index (Phi) is 8.63. The molecule has 0 saturated carbocycles. The van der Waals surface area contributed by atoms with E-state index in [9.17, 15) is 0 Å². The van der Waals surface area contributed by atoms with E-state index in [2.05, 4.69) is 217 Å². The second-order valence-electron chi connectivity index (χ2n) is 17.9. The van der Waals surface area contributed by atoms with Crippen molar-refractivity contribution in [1.82, 2.24) is 19.5 Å². The average molecular weight is 929 g/mol. The molecule has 15 aromatic rings. The summed E-state index contributed by atoms with van der Waals surface area (Å²) in [5.74, 6) is 1.85. The van der Waals surface area contributed by atoms with E-state index in [-0.39, 0.29) is 0 Å². The molecule has 326 valence electrons. The van der Waals surface area contributed by atoms with E-state index in [0.717, 1.165) is 88.4 Å². The van der Waals surface area contributed by atoms with Crippen LogP contribution in [0.2, 0.25) is 0 Å². The fourth-order valence-electron chi connectivity index (χ4n) is 10.6. The first-order valence-electron chi connectivity index (χ1n) is 23.4. The summed E-state index contributed by atoms with van der Waals surface area (Å²) < 4.78 is 14.1. The highest BCUT2D eigenvalue weighted by molar-refractivity contribution is 7.26. The molecule has 0 aliphatic carbocycles. The van der Waals surface area contributed by atoms with E-state index in [1.54, 1.807) is 22.7 Å². The van der Waals surface area contributed by atoms with Gasteiger partial charge in [0.05, 0.1) is 22.1 Å². The van der Waals surface area contributed by atoms with E-state index in [1.807, 2.05) is 6.07 Å². The third-order valence-corrected chi connectivity index (χ3v) is 16.1. The number of benzene rings is 10. The van der Waals surface area contributed by atoms with Crippen LogP contribution in [0.1, 0.15) is 0 Å². The normalized spacial score (nSPS) is 12.0. The molecule has 0 N–H and O–H groups in total. The second kappa shape index (κ2) is 15.4. The van der Waals surface area contributed by atoms with Crippen molar-refractivity contribution in [1.29, 1.82) is 0 Å². The van der Waals surface area contributed by atoms with E-state index in [1.165, 1.54) is 40.3 Å². The second-order valence-corrected chi connectivity index (χ2v) is 20.0. The topological polar surface area (TPSA) is 56.7 Å². The zero-order chi connectivity index (χ0) is 45.9. The number of hydrogen-bond donors (Lipinski definition) is 0. The first-order valence-corrected chi connectivity index (χ1v) is 25.0. The predicted molar refractivity (Wildman–Crippen MR) is 294 cm³/mol. The summed E-state index contributed by atoms with van der Waals surface area (Å²) in [6.07, 6.45) is 0. The summed E-state index contributed by atoms with van der Waals surface area (Å²) in [5.41, 5.74) is 12.0. The highest BCUT2D eigenvalue weighted by atomic mass is 32.1. The summed E-state index contributed by atoms with van der Waals surface area (Å²) in [5, 5.41) is 9.41. The zero-order valence-corrected chi connectivity index (χ0v) is 38.9. The largest absolute Gasteiger partial charge is 0.455 e. The number of para-hydroxylation sites is 2. The van der Waals surface area contributed by atoms with Crippen LogP contribution in [0.4, 0.5) is 0 Å². The summed E-state index contributed by atoms with van der Waals surface area (Å²) in [6.45, 7) is 0. The Hall–Kier alpha value is -8.75. The van der Waals surface area contributed by atoms with Gasteiger partial charge in [-0.25, -0.2) is 15.0 Å². The molecule has 70 heavy (non-hydrogen) atoms. The van der Waals surface area contributed by atoms with Crippen molar-refractivity contribution in [3.63, 3.8) is 0 Å². The molecule has 0 fully saturated rings. The van der Waals surface area contributed by atoms with Crippen molar-refractivity contribution in [2.75, 3.05) is 0 Å². The van der Waals surface area contributed by atoms with Gasteiger partial charge in [0, 0.05) is 84.3 Å². The van der Waals surface area contributed by atoms with Crippen molar-refractivity contribution in [3.05, 3.63) is 218 Å². The quantitative estimate of drug-likeness (QED) is 0.167. The predicted octanol–water partition coefficient (Wildman–Crippen LogP) is 17.9. The lowest BCUT2D eigenvalue weighted by Crippen LogP contribution is -2.04. The van der Waals surface area contributed by atoms with E-state index in [4.69, 9.17) is 19.4 Å². The van der Waals surface area contributed by atoms with Crippen molar-refractivity contribution in [2.45, 2.75) is 0 Å². The minimum Gasteiger partial charge on any atom is -0.455 e. The molecule has 0 atom stereocenters. The van der Waals surface area contributed by atoms with Gasteiger partial charge in [-0.2, -0.15) is 0 Å². The number of furan rings is 1. The van der Waals surface area contributed by atoms with Gasteiger partial charge in [-0.05, 0) is 71.8 Å². The van der Waals surface area contributed by atoms with Crippen molar-refractivity contribution in [2.24, 2.45) is 0 Å². The van der Waals surface area contributed by atoms with Gasteiger partial charge < -0.3 is 8.98 Å². The van der Waals surface area contributed by atoms with Crippen LogP contribution in [0.3, 0.4) is 0 Å². The smallest absolute Gasteiger partial charge is 0.164 e. The number of rotatable bonds is 6. The van der Waals surface area contributed by atoms with E-state index < -0.39 is 0 Å². The van der Waals surface area contributed by atoms with Gasteiger partial charge in [-0.3, -0.25) is 0 Å². The lowest BCUT2D eigenvalue weighted by atomic mass is 9.92. The zero-order valence-electron chi connectivity index (χ0n) is 37.3. The van der Waals surface area contributed by atoms with Gasteiger partial charge in [0.15, 0.2) is 17.5 Å². The summed E-state index contributed by atoms with van der Waals surface area (Å²) in [6, 6.07) is 78.0. The Morgan fingerprint density at radius 2 is 0.800 bits per heavy atom. The standard InChI is InChI=1S/C63H36N4OS2/c1-3-15-37(16-4-1)49-33-41(34-50(38-17-5-2-6-18-38)59(49)67-51-23-11-7-22-48(51)58-52(67)32-31-47-42-19-8-12-24-53(42)68-60(47)58)63-65-61(39-27-29-45-43-20-9-13-25-54(43)69-56(45)35-39)64-62(66-63)40-28-30-46-44-21-10-14-26-55(44)70-57(46)36-40/h1-36H. The van der Waals surface area contributed by atoms with Crippen LogP contribution >= 0.6 is 22.7 Å². The third kappa shape index (κ3) is 6.05. The molecule has 10 aromatic carbocycles. The summed E-state index contributed by atoms with van der Waals surface area (Å²) in [7, 11) is 0. The Balaban J connectivity index is 1.02. The molecule has 0 bridgehead atoms. The molecule has 0 radical (unpaired) electrons. The molecular formula is C63H36N4OS2. The van der Waals surface area contributed by atoms with Crippen molar-refractivity contribution >= 4 is 107 Å². The van der Waals surface area contributed by atoms with Crippen LogP contribution in [-0.2, 0) is 0 Å². The summed E-state index contributed by atoms with van der Waals surface area (Å²) >= 11 is 3.60. The van der Waals surface area contributed by atoms with E-state index in [0.29, 0.717) is 17.5 Å². The first kappa shape index (κ1) is 39.3. The number of nitrogens with zero attached hydrogens (tertiary/aromatic N) is 4. The molecule has 7 heteroatoms. The van der Waals surface area contributed by atoms with Crippen LogP contribution in [0.25, 0.3) is 146 Å². The number of hydrogen-bond acceptors (Lipinski definition) is 6. The maximum absolute atomic E-state index is 6.77. The van der Waals surface area contributed by atoms with Crippen LogP contribution < -0.4 is 0 Å². The molecule has 0 aliphatic rings. The highest BCUT2D eigenvalue weighted by Crippen LogP contribution is 2.47. The molecule has 0 aliphatic heterocycles. The van der Waals surface area contributed by atoms with Gasteiger partial charge >= 0.3 is 0 Å². The Morgan fingerprint density at radius 3 is 1.40 bits per heavy atom. The van der Waals surface area contributed by atoms with Crippen molar-refractivity contribution in [3.8, 4) is 62.1 Å². The maximum Gasteiger partial charge on any atom is 0.164 e. The number of thiophene rings is 2. The van der Waals surface area contributed by atoms with Crippen LogP contribution in [0, 0.1) is 0 Å². The molecule has 0 saturated heterocycles. The fraction of sp³-hybridized carbons (Fsp3) is 0. The minimum absolute atomic E-state index is 0.597. The molecule has 5 heterocycles. The maximum atomic E-state index is 6.77. The van der Waals surface area contributed by atoms with Gasteiger partial charge in [-0.15, -0.1) is 22.7 Å². The third-order valence-electron chi connectivity index (χ3n) is 13.9. The SMILES string of the molecule is c1ccc(-c2cc(-c3nc(-c4ccc5c(c4)sc4ccccc45)nc(-c4ccc5c(c4)sc4ccccc45)n3)cc(-c3ccccc3)c2-n2c3ccccc3c3c4oc5ccccc5c4ccc32)cc1. The average Bonchev–Trinajstić information content (AvgIpc) is 4.19. The molecule has 0 amide bonds. The molecule has 15 rings (SSSR count). The van der Waals surface area contributed by atoms with Crippen LogP contribution in [0.5, 0.6) is 0 Å². The molecule has 0 spiro atoms. The Morgan fingerprint density at radius 1 is 0.329 bits per heavy atom. The van der Waals surface area contributed by atoms with Crippen molar-refractivity contribution < 1.29 is 4.42 Å². The highest BCUT2D eigenvalue weighted by Gasteiger charge is 2.25. The fourth-order valence-corrected chi connectivity index (χ4v) is 12.9. The minimum atomic E-state index is 0.597. The van der Waals surface area contributed by atoms with Gasteiger partial charge in [0.2, 0.25) is 0 Å². The monoisotopic (exact) mass is 928 g/mol. The molecule has 0 unspecified atom stereocenters. The molecule has 5 nitrogen and oxygen atoms in total. The lowest BCUT2D eigenvalue weighted by molar-refractivity contribution is 0.673. The van der Waals surface area contributed by atoms with Gasteiger partial charge in [0.1, 0.15) is 11.2 Å². The number of aromatic nitrogens is 4. The number of fused-ring (bicyclic) bond motifs is 13. The summed E-state index contributed by atoms with van der Waals surface area (Å²) in [4.78, 5) is 16.2. The Labute approximate surface area is 408 Å². The lowest BCUT2D eigenvalue weighted by Gasteiger charge is -2.21. The van der Waals surface area contributed by atoms with E-state index >= 15 is 0 Å². The molecule has 5 aromatic heterocycles. The first-order chi connectivity index (χ1) is 34.7. The van der Waals surface area contributed by atoms with Gasteiger partial charge in [0.25, 0.3) is 0 Å². The van der Waals surface area contributed by atoms with Crippen LogP contribution in [-0.4, -0.2) is 19.5 Å². The van der Waals surface area contributed by atoms with Gasteiger partial charge in [-0.1, -0.05) is 158 Å². The molecular weight excluding hydrogens is 893 g/mol.